The van der Waals surface area contributed by atoms with Gasteiger partial charge in [0.15, 0.2) is 5.69 Å². The lowest BCUT2D eigenvalue weighted by Gasteiger charge is -2.19. The van der Waals surface area contributed by atoms with Gasteiger partial charge in [0.2, 0.25) is 5.91 Å². The van der Waals surface area contributed by atoms with E-state index >= 15 is 0 Å². The highest BCUT2D eigenvalue weighted by Crippen LogP contribution is 2.07. The molecule has 0 atom stereocenters. The second-order valence-electron chi connectivity index (χ2n) is 2.85. The van der Waals surface area contributed by atoms with Gasteiger partial charge in [0.05, 0.1) is 18.9 Å². The highest BCUT2D eigenvalue weighted by molar-refractivity contribution is 5.79. The van der Waals surface area contributed by atoms with Gasteiger partial charge in [0, 0.05) is 6.54 Å². The number of nitriles is 1. The normalized spacial score (nSPS) is 9.33. The molecule has 1 amide bonds. The fourth-order valence-electron chi connectivity index (χ4n) is 1.09. The molecular weight excluding hydrogens is 194 g/mol. The highest BCUT2D eigenvalue weighted by Gasteiger charge is 2.08. The molecule has 0 aliphatic carbocycles. The van der Waals surface area contributed by atoms with E-state index in [-0.39, 0.29) is 12.2 Å². The Hall–Kier alpha value is -2.16. The van der Waals surface area contributed by atoms with Crippen LogP contribution in [0.3, 0.4) is 0 Å². The van der Waals surface area contributed by atoms with Crippen LogP contribution in [0.5, 0.6) is 0 Å². The summed E-state index contributed by atoms with van der Waals surface area (Å²) in [4.78, 5) is 20.3. The first kappa shape index (κ1) is 10.9. The van der Waals surface area contributed by atoms with Crippen LogP contribution in [-0.2, 0) is 4.79 Å². The third kappa shape index (κ3) is 2.91. The molecule has 0 aliphatic rings. The summed E-state index contributed by atoms with van der Waals surface area (Å²) in [5.74, 6) is 0.110. The Morgan fingerprint density at radius 3 is 2.73 bits per heavy atom. The number of primary amides is 1. The number of likely N-dealkylation sites (N-methyl/N-ethyl adjacent to an activating group) is 1. The predicted molar refractivity (Wildman–Crippen MR) is 53.8 cm³/mol. The number of rotatable bonds is 4. The van der Waals surface area contributed by atoms with E-state index in [2.05, 4.69) is 9.97 Å². The van der Waals surface area contributed by atoms with Crippen molar-refractivity contribution >= 4 is 11.7 Å². The fourth-order valence-corrected chi connectivity index (χ4v) is 1.09. The van der Waals surface area contributed by atoms with Gasteiger partial charge in [-0.2, -0.15) is 5.26 Å². The van der Waals surface area contributed by atoms with Crippen molar-refractivity contribution in [1.82, 2.24) is 9.97 Å². The van der Waals surface area contributed by atoms with Crippen LogP contribution in [-0.4, -0.2) is 29.0 Å². The van der Waals surface area contributed by atoms with E-state index in [1.54, 1.807) is 4.90 Å². The second-order valence-corrected chi connectivity index (χ2v) is 2.85. The number of hydrogen-bond donors (Lipinski definition) is 1. The van der Waals surface area contributed by atoms with Gasteiger partial charge < -0.3 is 10.6 Å². The number of carbonyl (C=O) groups is 1. The molecule has 1 aromatic heterocycles. The van der Waals surface area contributed by atoms with E-state index in [0.717, 1.165) is 0 Å². The van der Waals surface area contributed by atoms with Crippen LogP contribution >= 0.6 is 0 Å². The van der Waals surface area contributed by atoms with Crippen molar-refractivity contribution < 1.29 is 4.79 Å². The van der Waals surface area contributed by atoms with Crippen LogP contribution < -0.4 is 10.6 Å². The Labute approximate surface area is 87.3 Å². The number of aromatic nitrogens is 2. The average molecular weight is 205 g/mol. The van der Waals surface area contributed by atoms with Crippen LogP contribution in [0.15, 0.2) is 12.4 Å². The van der Waals surface area contributed by atoms with E-state index in [4.69, 9.17) is 11.0 Å². The Balaban J connectivity index is 2.84. The van der Waals surface area contributed by atoms with E-state index in [1.165, 1.54) is 12.4 Å². The number of nitrogens with zero attached hydrogens (tertiary/aromatic N) is 4. The van der Waals surface area contributed by atoms with Gasteiger partial charge in [-0.1, -0.05) is 0 Å². The standard InChI is InChI=1S/C9H11N5O/c1-2-14(6-8(11)15)9-5-12-7(3-10)4-13-9/h4-5H,2,6H2,1H3,(H2,11,15). The number of nitrogens with two attached hydrogens (primary N) is 1. The quantitative estimate of drug-likeness (QED) is 0.725. The van der Waals surface area contributed by atoms with Crippen molar-refractivity contribution in [1.29, 1.82) is 5.26 Å². The van der Waals surface area contributed by atoms with Gasteiger partial charge >= 0.3 is 0 Å². The first-order valence-corrected chi connectivity index (χ1v) is 4.42. The van der Waals surface area contributed by atoms with Gasteiger partial charge in [-0.3, -0.25) is 4.79 Å². The van der Waals surface area contributed by atoms with Crippen molar-refractivity contribution in [3.05, 3.63) is 18.1 Å². The lowest BCUT2D eigenvalue weighted by atomic mass is 10.4. The molecule has 15 heavy (non-hydrogen) atoms. The molecule has 0 saturated heterocycles. The van der Waals surface area contributed by atoms with Gasteiger partial charge in [-0.25, -0.2) is 9.97 Å². The molecule has 0 aromatic carbocycles. The summed E-state index contributed by atoms with van der Waals surface area (Å²) >= 11 is 0. The molecule has 0 fully saturated rings. The van der Waals surface area contributed by atoms with Crippen LogP contribution in [0.2, 0.25) is 0 Å². The van der Waals surface area contributed by atoms with Crippen LogP contribution in [0.25, 0.3) is 0 Å². The zero-order chi connectivity index (χ0) is 11.3. The Bertz CT molecular complexity index is 380. The summed E-state index contributed by atoms with van der Waals surface area (Å²) in [6.07, 6.45) is 2.81. The van der Waals surface area contributed by atoms with E-state index < -0.39 is 5.91 Å². The minimum absolute atomic E-state index is 0.0943. The number of hydrogen-bond acceptors (Lipinski definition) is 5. The maximum absolute atomic E-state index is 10.7. The molecule has 0 radical (unpaired) electrons. The third-order valence-corrected chi connectivity index (χ3v) is 1.81. The molecule has 1 aromatic rings. The van der Waals surface area contributed by atoms with Crippen LogP contribution in [0.1, 0.15) is 12.6 Å². The minimum atomic E-state index is -0.428. The smallest absolute Gasteiger partial charge is 0.236 e. The first-order chi connectivity index (χ1) is 7.17. The van der Waals surface area contributed by atoms with E-state index in [9.17, 15) is 4.79 Å². The van der Waals surface area contributed by atoms with Gasteiger partial charge in [-0.15, -0.1) is 0 Å². The zero-order valence-corrected chi connectivity index (χ0v) is 8.34. The van der Waals surface area contributed by atoms with Crippen molar-refractivity contribution in [2.45, 2.75) is 6.92 Å². The van der Waals surface area contributed by atoms with Gasteiger partial charge in [0.1, 0.15) is 11.9 Å². The minimum Gasteiger partial charge on any atom is -0.368 e. The summed E-state index contributed by atoms with van der Waals surface area (Å²) < 4.78 is 0. The highest BCUT2D eigenvalue weighted by atomic mass is 16.1. The van der Waals surface area contributed by atoms with E-state index in [1.807, 2.05) is 13.0 Å². The Morgan fingerprint density at radius 2 is 2.33 bits per heavy atom. The van der Waals surface area contributed by atoms with Crippen molar-refractivity contribution in [2.24, 2.45) is 5.73 Å². The Morgan fingerprint density at radius 1 is 1.60 bits per heavy atom. The summed E-state index contributed by atoms with van der Waals surface area (Å²) in [6.45, 7) is 2.57. The fraction of sp³-hybridized carbons (Fsp3) is 0.333. The third-order valence-electron chi connectivity index (χ3n) is 1.81. The zero-order valence-electron chi connectivity index (χ0n) is 8.34. The molecule has 0 unspecified atom stereocenters. The van der Waals surface area contributed by atoms with Crippen molar-refractivity contribution in [3.63, 3.8) is 0 Å². The maximum Gasteiger partial charge on any atom is 0.236 e. The SMILES string of the molecule is CCN(CC(N)=O)c1cnc(C#N)cn1. The summed E-state index contributed by atoms with van der Waals surface area (Å²) in [5, 5.41) is 8.53. The second kappa shape index (κ2) is 4.91. The number of anilines is 1. The van der Waals surface area contributed by atoms with Crippen LogP contribution in [0.4, 0.5) is 5.82 Å². The summed E-state index contributed by atoms with van der Waals surface area (Å²) in [6, 6.07) is 1.87. The predicted octanol–water partition coefficient (Wildman–Crippen LogP) is -0.340. The molecule has 1 rings (SSSR count). The molecule has 0 bridgehead atoms. The average Bonchev–Trinajstić information content (AvgIpc) is 2.26. The van der Waals surface area contributed by atoms with Crippen LogP contribution in [0, 0.1) is 11.3 Å². The van der Waals surface area contributed by atoms with Gasteiger partial charge in [0.25, 0.3) is 0 Å². The summed E-state index contributed by atoms with van der Waals surface area (Å²) in [7, 11) is 0. The van der Waals surface area contributed by atoms with E-state index in [0.29, 0.717) is 12.4 Å². The molecule has 6 nitrogen and oxygen atoms in total. The largest absolute Gasteiger partial charge is 0.368 e. The molecule has 78 valence electrons. The molecule has 6 heteroatoms. The monoisotopic (exact) mass is 205 g/mol. The molecule has 0 spiro atoms. The molecule has 2 N–H and O–H groups in total. The lowest BCUT2D eigenvalue weighted by Crippen LogP contribution is -2.34. The van der Waals surface area contributed by atoms with Gasteiger partial charge in [-0.05, 0) is 6.92 Å². The molecular formula is C9H11N5O. The summed E-state index contributed by atoms with van der Waals surface area (Å²) in [5.41, 5.74) is 5.33. The topological polar surface area (TPSA) is 95.9 Å². The number of amides is 1. The maximum atomic E-state index is 10.7. The van der Waals surface area contributed by atoms with Crippen molar-refractivity contribution in [2.75, 3.05) is 18.0 Å². The first-order valence-electron chi connectivity index (χ1n) is 4.42. The Kier molecular flexibility index (Phi) is 3.57. The lowest BCUT2D eigenvalue weighted by molar-refractivity contribution is -0.116. The number of carbonyl (C=O) groups excluding carboxylic acids is 1. The molecule has 0 saturated carbocycles. The molecule has 0 aliphatic heterocycles. The molecule has 1 heterocycles. The van der Waals surface area contributed by atoms with Crippen molar-refractivity contribution in [3.8, 4) is 6.07 Å².